The standard InChI is InChI=1S/C18H15N3O2/c1-10-5-14-15(6-11(10)2)21-18(20-14)13(9-19)7-12-3-4-16(22)17(23)8-12/h3-8,22-23H,1-2H3,(H,20,21)/b13-7+. The minimum absolute atomic E-state index is 0.199. The van der Waals surface area contributed by atoms with Gasteiger partial charge in [0.1, 0.15) is 11.9 Å². The number of phenols is 2. The number of nitrogens with one attached hydrogen (secondary N) is 1. The highest BCUT2D eigenvalue weighted by molar-refractivity contribution is 5.90. The molecule has 2 aromatic carbocycles. The first-order valence-electron chi connectivity index (χ1n) is 7.09. The Kier molecular flexibility index (Phi) is 3.51. The molecular formula is C18H15N3O2. The van der Waals surface area contributed by atoms with Gasteiger partial charge < -0.3 is 15.2 Å². The fraction of sp³-hybridized carbons (Fsp3) is 0.111. The van der Waals surface area contributed by atoms with Crippen molar-refractivity contribution in [3.63, 3.8) is 0 Å². The summed E-state index contributed by atoms with van der Waals surface area (Å²) in [4.78, 5) is 7.61. The van der Waals surface area contributed by atoms with Crippen LogP contribution in [0.2, 0.25) is 0 Å². The zero-order chi connectivity index (χ0) is 16.6. The van der Waals surface area contributed by atoms with E-state index in [1.54, 1.807) is 12.1 Å². The number of aromatic nitrogens is 2. The number of rotatable bonds is 2. The zero-order valence-electron chi connectivity index (χ0n) is 12.8. The van der Waals surface area contributed by atoms with Gasteiger partial charge in [-0.25, -0.2) is 4.98 Å². The third kappa shape index (κ3) is 2.74. The van der Waals surface area contributed by atoms with Crippen LogP contribution in [0.25, 0.3) is 22.7 Å². The number of phenolic OH excluding ortho intramolecular Hbond substituents is 2. The summed E-state index contributed by atoms with van der Waals surface area (Å²) in [6.07, 6.45) is 1.61. The molecule has 23 heavy (non-hydrogen) atoms. The van der Waals surface area contributed by atoms with E-state index in [0.29, 0.717) is 17.0 Å². The minimum Gasteiger partial charge on any atom is -0.504 e. The molecule has 0 saturated carbocycles. The van der Waals surface area contributed by atoms with Gasteiger partial charge in [-0.1, -0.05) is 6.07 Å². The van der Waals surface area contributed by atoms with Crippen LogP contribution in [0.5, 0.6) is 11.5 Å². The molecule has 3 rings (SSSR count). The van der Waals surface area contributed by atoms with E-state index in [0.717, 1.165) is 22.2 Å². The number of imidazole rings is 1. The molecule has 0 atom stereocenters. The Balaban J connectivity index is 2.08. The van der Waals surface area contributed by atoms with Gasteiger partial charge in [-0.05, 0) is 60.9 Å². The van der Waals surface area contributed by atoms with Crippen LogP contribution in [0.3, 0.4) is 0 Å². The van der Waals surface area contributed by atoms with Crippen LogP contribution >= 0.6 is 0 Å². The van der Waals surface area contributed by atoms with Crippen molar-refractivity contribution in [2.75, 3.05) is 0 Å². The Hall–Kier alpha value is -3.26. The van der Waals surface area contributed by atoms with Crippen molar-refractivity contribution < 1.29 is 10.2 Å². The molecule has 0 unspecified atom stereocenters. The molecule has 3 N–H and O–H groups in total. The summed E-state index contributed by atoms with van der Waals surface area (Å²) in [7, 11) is 0. The second-order valence-electron chi connectivity index (χ2n) is 5.46. The Bertz CT molecular complexity index is 939. The maximum Gasteiger partial charge on any atom is 0.157 e. The highest BCUT2D eigenvalue weighted by atomic mass is 16.3. The first-order chi connectivity index (χ1) is 11.0. The molecule has 0 aliphatic rings. The number of fused-ring (bicyclic) bond motifs is 1. The molecule has 114 valence electrons. The molecule has 0 aliphatic carbocycles. The summed E-state index contributed by atoms with van der Waals surface area (Å²) >= 11 is 0. The average Bonchev–Trinajstić information content (AvgIpc) is 2.91. The summed E-state index contributed by atoms with van der Waals surface area (Å²) in [5.74, 6) is 0.0438. The lowest BCUT2D eigenvalue weighted by atomic mass is 10.1. The lowest BCUT2D eigenvalue weighted by Gasteiger charge is -1.99. The zero-order valence-corrected chi connectivity index (χ0v) is 12.8. The van der Waals surface area contributed by atoms with Crippen LogP contribution in [0.1, 0.15) is 22.5 Å². The van der Waals surface area contributed by atoms with E-state index in [1.165, 1.54) is 12.1 Å². The number of hydrogen-bond acceptors (Lipinski definition) is 4. The SMILES string of the molecule is Cc1cc2nc(/C(C#N)=C/c3ccc(O)c(O)c3)[nH]c2cc1C. The van der Waals surface area contributed by atoms with Crippen LogP contribution in [0.15, 0.2) is 30.3 Å². The van der Waals surface area contributed by atoms with E-state index in [4.69, 9.17) is 0 Å². The molecule has 0 bridgehead atoms. The van der Waals surface area contributed by atoms with Gasteiger partial charge in [-0.3, -0.25) is 0 Å². The maximum atomic E-state index is 9.55. The van der Waals surface area contributed by atoms with E-state index >= 15 is 0 Å². The average molecular weight is 305 g/mol. The first-order valence-corrected chi connectivity index (χ1v) is 7.09. The number of hydrogen-bond donors (Lipinski definition) is 3. The molecule has 0 amide bonds. The van der Waals surface area contributed by atoms with Gasteiger partial charge in [0.05, 0.1) is 16.6 Å². The fourth-order valence-corrected chi connectivity index (χ4v) is 2.35. The Labute approximate surface area is 133 Å². The van der Waals surface area contributed by atoms with Crippen LogP contribution in [0, 0.1) is 25.2 Å². The quantitative estimate of drug-likeness (QED) is 0.497. The third-order valence-corrected chi connectivity index (χ3v) is 3.78. The summed E-state index contributed by atoms with van der Waals surface area (Å²) in [5, 5.41) is 28.3. The van der Waals surface area contributed by atoms with E-state index in [1.807, 2.05) is 26.0 Å². The molecule has 5 heteroatoms. The minimum atomic E-state index is -0.230. The van der Waals surface area contributed by atoms with E-state index in [9.17, 15) is 15.5 Å². The molecular weight excluding hydrogens is 290 g/mol. The van der Waals surface area contributed by atoms with Crippen molar-refractivity contribution in [3.8, 4) is 17.6 Å². The van der Waals surface area contributed by atoms with Gasteiger partial charge in [0.15, 0.2) is 11.5 Å². The third-order valence-electron chi connectivity index (χ3n) is 3.78. The van der Waals surface area contributed by atoms with Gasteiger partial charge in [-0.2, -0.15) is 5.26 Å². The second kappa shape index (κ2) is 5.50. The predicted molar refractivity (Wildman–Crippen MR) is 88.8 cm³/mol. The summed E-state index contributed by atoms with van der Waals surface area (Å²) in [6.45, 7) is 4.04. The molecule has 0 aliphatic heterocycles. The summed E-state index contributed by atoms with van der Waals surface area (Å²) < 4.78 is 0. The molecule has 3 aromatic rings. The number of H-pyrrole nitrogens is 1. The summed E-state index contributed by atoms with van der Waals surface area (Å²) in [6, 6.07) is 10.5. The topological polar surface area (TPSA) is 92.9 Å². The molecule has 0 spiro atoms. The lowest BCUT2D eigenvalue weighted by molar-refractivity contribution is 0.403. The summed E-state index contributed by atoms with van der Waals surface area (Å²) in [5.41, 5.74) is 4.92. The molecule has 1 heterocycles. The first kappa shape index (κ1) is 14.7. The number of allylic oxidation sites excluding steroid dienone is 1. The van der Waals surface area contributed by atoms with E-state index in [-0.39, 0.29) is 11.5 Å². The number of aromatic amines is 1. The van der Waals surface area contributed by atoms with Crippen LogP contribution < -0.4 is 0 Å². The largest absolute Gasteiger partial charge is 0.504 e. The highest BCUT2D eigenvalue weighted by Gasteiger charge is 2.10. The number of nitriles is 1. The maximum absolute atomic E-state index is 9.55. The number of nitrogens with zero attached hydrogens (tertiary/aromatic N) is 2. The van der Waals surface area contributed by atoms with Crippen molar-refractivity contribution in [2.45, 2.75) is 13.8 Å². The molecule has 0 fully saturated rings. The Morgan fingerprint density at radius 3 is 2.57 bits per heavy atom. The van der Waals surface area contributed by atoms with E-state index < -0.39 is 0 Å². The normalized spacial score (nSPS) is 11.6. The second-order valence-corrected chi connectivity index (χ2v) is 5.46. The Morgan fingerprint density at radius 1 is 1.13 bits per heavy atom. The van der Waals surface area contributed by atoms with Gasteiger partial charge in [0, 0.05) is 0 Å². The predicted octanol–water partition coefficient (Wildman–Crippen LogP) is 3.66. The monoisotopic (exact) mass is 305 g/mol. The fourth-order valence-electron chi connectivity index (χ4n) is 2.35. The smallest absolute Gasteiger partial charge is 0.157 e. The van der Waals surface area contributed by atoms with Crippen LogP contribution in [0.4, 0.5) is 0 Å². The number of aromatic hydroxyl groups is 2. The van der Waals surface area contributed by atoms with Gasteiger partial charge in [-0.15, -0.1) is 0 Å². The van der Waals surface area contributed by atoms with Crippen molar-refractivity contribution >= 4 is 22.7 Å². The van der Waals surface area contributed by atoms with Crippen LogP contribution in [-0.4, -0.2) is 20.2 Å². The van der Waals surface area contributed by atoms with Crippen molar-refractivity contribution in [1.29, 1.82) is 5.26 Å². The van der Waals surface area contributed by atoms with Gasteiger partial charge in [0.25, 0.3) is 0 Å². The lowest BCUT2D eigenvalue weighted by Crippen LogP contribution is -1.85. The van der Waals surface area contributed by atoms with Crippen molar-refractivity contribution in [1.82, 2.24) is 9.97 Å². The number of aryl methyl sites for hydroxylation is 2. The highest BCUT2D eigenvalue weighted by Crippen LogP contribution is 2.27. The number of benzene rings is 2. The van der Waals surface area contributed by atoms with Crippen molar-refractivity contribution in [2.24, 2.45) is 0 Å². The van der Waals surface area contributed by atoms with Gasteiger partial charge >= 0.3 is 0 Å². The van der Waals surface area contributed by atoms with Crippen LogP contribution in [-0.2, 0) is 0 Å². The molecule has 0 saturated heterocycles. The van der Waals surface area contributed by atoms with E-state index in [2.05, 4.69) is 16.0 Å². The molecule has 1 aromatic heterocycles. The van der Waals surface area contributed by atoms with Gasteiger partial charge in [0.2, 0.25) is 0 Å². The molecule has 0 radical (unpaired) electrons. The molecule has 5 nitrogen and oxygen atoms in total. The Morgan fingerprint density at radius 2 is 1.87 bits per heavy atom. The van der Waals surface area contributed by atoms with Crippen molar-refractivity contribution in [3.05, 3.63) is 52.8 Å².